The van der Waals surface area contributed by atoms with Gasteiger partial charge < -0.3 is 9.72 Å². The quantitative estimate of drug-likeness (QED) is 0.922. The number of fused-ring (bicyclic) bond motifs is 1. The lowest BCUT2D eigenvalue weighted by molar-refractivity contribution is -0.0528. The SMILES string of the molecule is O=C(c1ccc(OC(F)F)nc1)N1CCCc2c1nc[nH]c2=O. The van der Waals surface area contributed by atoms with E-state index in [1.807, 2.05) is 0 Å². The zero-order valence-corrected chi connectivity index (χ0v) is 11.8. The highest BCUT2D eigenvalue weighted by Crippen LogP contribution is 2.23. The molecule has 0 saturated carbocycles. The summed E-state index contributed by atoms with van der Waals surface area (Å²) >= 11 is 0. The van der Waals surface area contributed by atoms with Crippen LogP contribution in [0.4, 0.5) is 14.6 Å². The molecular formula is C14H12F2N4O3. The number of hydrogen-bond donors (Lipinski definition) is 1. The van der Waals surface area contributed by atoms with Crippen LogP contribution in [0.1, 0.15) is 22.3 Å². The summed E-state index contributed by atoms with van der Waals surface area (Å²) in [5, 5.41) is 0. The van der Waals surface area contributed by atoms with E-state index in [1.54, 1.807) is 0 Å². The van der Waals surface area contributed by atoms with E-state index in [0.717, 1.165) is 6.20 Å². The lowest BCUT2D eigenvalue weighted by atomic mass is 10.1. The predicted molar refractivity (Wildman–Crippen MR) is 75.7 cm³/mol. The normalized spacial score (nSPS) is 13.8. The van der Waals surface area contributed by atoms with E-state index in [-0.39, 0.29) is 17.0 Å². The maximum Gasteiger partial charge on any atom is 0.388 e. The monoisotopic (exact) mass is 322 g/mol. The molecule has 0 bridgehead atoms. The number of hydrogen-bond acceptors (Lipinski definition) is 5. The molecule has 0 aromatic carbocycles. The Kier molecular flexibility index (Phi) is 4.00. The van der Waals surface area contributed by atoms with Crippen LogP contribution in [0.2, 0.25) is 0 Å². The molecule has 0 saturated heterocycles. The number of rotatable bonds is 3. The lowest BCUT2D eigenvalue weighted by Crippen LogP contribution is -2.38. The van der Waals surface area contributed by atoms with Gasteiger partial charge in [0.2, 0.25) is 5.88 Å². The van der Waals surface area contributed by atoms with Crippen molar-refractivity contribution in [2.24, 2.45) is 0 Å². The van der Waals surface area contributed by atoms with E-state index >= 15 is 0 Å². The topological polar surface area (TPSA) is 88.2 Å². The van der Waals surface area contributed by atoms with Gasteiger partial charge in [0.1, 0.15) is 5.82 Å². The number of carbonyl (C=O) groups excluding carboxylic acids is 1. The maximum absolute atomic E-state index is 12.6. The highest BCUT2D eigenvalue weighted by atomic mass is 19.3. The third-order valence-corrected chi connectivity index (χ3v) is 3.43. The summed E-state index contributed by atoms with van der Waals surface area (Å²) in [7, 11) is 0. The number of aromatic nitrogens is 3. The molecule has 0 spiro atoms. The first-order chi connectivity index (χ1) is 11.1. The van der Waals surface area contributed by atoms with Gasteiger partial charge in [0.15, 0.2) is 0 Å². The summed E-state index contributed by atoms with van der Waals surface area (Å²) in [5.74, 6) is -0.358. The molecule has 0 atom stereocenters. The van der Waals surface area contributed by atoms with Crippen molar-refractivity contribution in [2.45, 2.75) is 19.5 Å². The number of amides is 1. The molecule has 1 amide bonds. The number of carbonyl (C=O) groups is 1. The Morgan fingerprint density at radius 1 is 1.35 bits per heavy atom. The van der Waals surface area contributed by atoms with Gasteiger partial charge in [-0.15, -0.1) is 0 Å². The largest absolute Gasteiger partial charge is 0.417 e. The van der Waals surface area contributed by atoms with Gasteiger partial charge in [0.25, 0.3) is 11.5 Å². The Bertz CT molecular complexity index is 776. The van der Waals surface area contributed by atoms with E-state index < -0.39 is 12.5 Å². The molecule has 7 nitrogen and oxygen atoms in total. The maximum atomic E-state index is 12.6. The van der Waals surface area contributed by atoms with Crippen LogP contribution in [0.25, 0.3) is 0 Å². The summed E-state index contributed by atoms with van der Waals surface area (Å²) < 4.78 is 28.3. The smallest absolute Gasteiger partial charge is 0.388 e. The number of aromatic amines is 1. The van der Waals surface area contributed by atoms with Crippen LogP contribution in [0.3, 0.4) is 0 Å². The highest BCUT2D eigenvalue weighted by molar-refractivity contribution is 6.05. The molecule has 0 fully saturated rings. The molecule has 9 heteroatoms. The van der Waals surface area contributed by atoms with Crippen LogP contribution in [0.15, 0.2) is 29.5 Å². The van der Waals surface area contributed by atoms with Gasteiger partial charge in [-0.3, -0.25) is 14.5 Å². The zero-order valence-electron chi connectivity index (χ0n) is 11.8. The minimum atomic E-state index is -2.98. The van der Waals surface area contributed by atoms with Crippen molar-refractivity contribution in [1.29, 1.82) is 0 Å². The van der Waals surface area contributed by atoms with Crippen molar-refractivity contribution in [1.82, 2.24) is 15.0 Å². The molecule has 0 aliphatic carbocycles. The highest BCUT2D eigenvalue weighted by Gasteiger charge is 2.26. The van der Waals surface area contributed by atoms with Crippen LogP contribution in [-0.2, 0) is 6.42 Å². The molecule has 2 aromatic rings. The van der Waals surface area contributed by atoms with Crippen molar-refractivity contribution in [3.63, 3.8) is 0 Å². The second-order valence-corrected chi connectivity index (χ2v) is 4.86. The Hall–Kier alpha value is -2.84. The Morgan fingerprint density at radius 3 is 2.87 bits per heavy atom. The summed E-state index contributed by atoms with van der Waals surface area (Å²) in [6.45, 7) is -2.56. The van der Waals surface area contributed by atoms with Crippen molar-refractivity contribution in [2.75, 3.05) is 11.4 Å². The van der Waals surface area contributed by atoms with Gasteiger partial charge in [-0.2, -0.15) is 8.78 Å². The molecule has 0 unspecified atom stereocenters. The number of nitrogens with one attached hydrogen (secondary N) is 1. The van der Waals surface area contributed by atoms with E-state index in [2.05, 4.69) is 19.7 Å². The van der Waals surface area contributed by atoms with Crippen LogP contribution < -0.4 is 15.2 Å². The number of halogens is 2. The molecule has 3 heterocycles. The van der Waals surface area contributed by atoms with Crippen molar-refractivity contribution >= 4 is 11.7 Å². The van der Waals surface area contributed by atoms with E-state index in [0.29, 0.717) is 30.8 Å². The average molecular weight is 322 g/mol. The fourth-order valence-corrected chi connectivity index (χ4v) is 2.42. The number of pyridine rings is 1. The number of H-pyrrole nitrogens is 1. The summed E-state index contributed by atoms with van der Waals surface area (Å²) in [6.07, 6.45) is 3.57. The van der Waals surface area contributed by atoms with E-state index in [1.165, 1.54) is 23.4 Å². The first kappa shape index (κ1) is 15.1. The molecule has 2 aromatic heterocycles. The molecule has 0 radical (unpaired) electrons. The van der Waals surface area contributed by atoms with E-state index in [4.69, 9.17) is 0 Å². The second kappa shape index (κ2) is 6.11. The van der Waals surface area contributed by atoms with Crippen LogP contribution in [0, 0.1) is 0 Å². The minimum Gasteiger partial charge on any atom is -0.417 e. The van der Waals surface area contributed by atoms with Crippen LogP contribution >= 0.6 is 0 Å². The van der Waals surface area contributed by atoms with Crippen molar-refractivity contribution < 1.29 is 18.3 Å². The standard InChI is InChI=1S/C14H12F2N4O3/c15-14(16)23-10-4-3-8(6-17-10)13(22)20-5-1-2-9-11(20)18-7-19-12(9)21/h3-4,6-7,14H,1-2,5H2,(H,18,19,21). The first-order valence-electron chi connectivity index (χ1n) is 6.85. The fourth-order valence-electron chi connectivity index (χ4n) is 2.42. The molecule has 3 rings (SSSR count). The Labute approximate surface area is 128 Å². The van der Waals surface area contributed by atoms with Gasteiger partial charge in [0.05, 0.1) is 17.5 Å². The average Bonchev–Trinajstić information content (AvgIpc) is 2.54. The zero-order chi connectivity index (χ0) is 16.4. The Morgan fingerprint density at radius 2 is 2.17 bits per heavy atom. The summed E-state index contributed by atoms with van der Waals surface area (Å²) in [4.78, 5) is 35.9. The molecule has 1 N–H and O–H groups in total. The number of nitrogens with zero attached hydrogens (tertiary/aromatic N) is 3. The fraction of sp³-hybridized carbons (Fsp3) is 0.286. The predicted octanol–water partition coefficient (Wildman–Crippen LogP) is 1.36. The summed E-state index contributed by atoms with van der Waals surface area (Å²) in [6, 6.07) is 2.53. The van der Waals surface area contributed by atoms with Gasteiger partial charge in [-0.05, 0) is 18.9 Å². The number of alkyl halides is 2. The molecule has 1 aliphatic rings. The minimum absolute atomic E-state index is 0.196. The van der Waals surface area contributed by atoms with Gasteiger partial charge in [-0.25, -0.2) is 9.97 Å². The van der Waals surface area contributed by atoms with Crippen molar-refractivity contribution in [3.8, 4) is 5.88 Å². The summed E-state index contributed by atoms with van der Waals surface area (Å²) in [5.41, 5.74) is 0.380. The van der Waals surface area contributed by atoms with Gasteiger partial charge in [-0.1, -0.05) is 0 Å². The van der Waals surface area contributed by atoms with Gasteiger partial charge >= 0.3 is 6.61 Å². The number of anilines is 1. The molecular weight excluding hydrogens is 310 g/mol. The molecule has 23 heavy (non-hydrogen) atoms. The van der Waals surface area contributed by atoms with Crippen LogP contribution in [0.5, 0.6) is 5.88 Å². The molecule has 120 valence electrons. The first-order valence-corrected chi connectivity index (χ1v) is 6.85. The lowest BCUT2D eigenvalue weighted by Gasteiger charge is -2.27. The van der Waals surface area contributed by atoms with Crippen molar-refractivity contribution in [3.05, 3.63) is 46.1 Å². The third kappa shape index (κ3) is 3.03. The van der Waals surface area contributed by atoms with Crippen LogP contribution in [-0.4, -0.2) is 34.0 Å². The second-order valence-electron chi connectivity index (χ2n) is 4.86. The number of ether oxygens (including phenoxy) is 1. The van der Waals surface area contributed by atoms with E-state index in [9.17, 15) is 18.4 Å². The molecule has 1 aliphatic heterocycles. The van der Waals surface area contributed by atoms with Gasteiger partial charge in [0, 0.05) is 18.8 Å². The third-order valence-electron chi connectivity index (χ3n) is 3.43. The Balaban J connectivity index is 1.87.